The van der Waals surface area contributed by atoms with E-state index in [-0.39, 0.29) is 5.78 Å². The summed E-state index contributed by atoms with van der Waals surface area (Å²) in [6, 6.07) is 2.07. The number of hydrogen-bond acceptors (Lipinski definition) is 2. The van der Waals surface area contributed by atoms with Crippen LogP contribution in [0.4, 0.5) is 0 Å². The minimum atomic E-state index is 0.260. The van der Waals surface area contributed by atoms with Crippen LogP contribution in [-0.2, 0) is 11.2 Å². The fraction of sp³-hybridized carbons (Fsp3) is 0.429. The van der Waals surface area contributed by atoms with Crippen molar-refractivity contribution in [3.8, 4) is 0 Å². The van der Waals surface area contributed by atoms with Crippen molar-refractivity contribution in [1.29, 1.82) is 0 Å². The van der Waals surface area contributed by atoms with E-state index in [1.165, 1.54) is 0 Å². The number of carbonyl (C=O) groups is 1. The molecule has 0 saturated carbocycles. The van der Waals surface area contributed by atoms with Crippen LogP contribution in [0.3, 0.4) is 0 Å². The molecule has 2 rings (SSSR count). The van der Waals surface area contributed by atoms with Gasteiger partial charge < -0.3 is 0 Å². The summed E-state index contributed by atoms with van der Waals surface area (Å²) in [6.45, 7) is 6.25. The highest BCUT2D eigenvalue weighted by atomic mass is 16.1. The van der Waals surface area contributed by atoms with Crippen molar-refractivity contribution in [2.75, 3.05) is 0 Å². The van der Waals surface area contributed by atoms with Crippen LogP contribution in [0, 0.1) is 0 Å². The Morgan fingerprint density at radius 2 is 2.19 bits per heavy atom. The van der Waals surface area contributed by atoms with Crippen molar-refractivity contribution in [3.05, 3.63) is 34.7 Å². The third kappa shape index (κ3) is 1.92. The van der Waals surface area contributed by atoms with E-state index >= 15 is 0 Å². The quantitative estimate of drug-likeness (QED) is 0.758. The summed E-state index contributed by atoms with van der Waals surface area (Å²) in [6.07, 6.45) is 5.23. The summed E-state index contributed by atoms with van der Waals surface area (Å²) in [5.74, 6) is 0.674. The van der Waals surface area contributed by atoms with E-state index in [1.54, 1.807) is 0 Å². The second-order valence-corrected chi connectivity index (χ2v) is 4.59. The van der Waals surface area contributed by atoms with Gasteiger partial charge in [0, 0.05) is 18.3 Å². The van der Waals surface area contributed by atoms with Gasteiger partial charge in [-0.25, -0.2) is 0 Å². The largest absolute Gasteiger partial charge is 0.294 e. The fourth-order valence-electron chi connectivity index (χ4n) is 1.98. The summed E-state index contributed by atoms with van der Waals surface area (Å²) in [5, 5.41) is 0. The lowest BCUT2D eigenvalue weighted by Gasteiger charge is -2.16. The zero-order valence-corrected chi connectivity index (χ0v) is 10.1. The maximum atomic E-state index is 11.8. The topological polar surface area (TPSA) is 30.0 Å². The first-order chi connectivity index (χ1) is 7.61. The molecule has 2 heteroatoms. The predicted octanol–water partition coefficient (Wildman–Crippen LogP) is 3.12. The van der Waals surface area contributed by atoms with E-state index in [4.69, 9.17) is 0 Å². The predicted molar refractivity (Wildman–Crippen MR) is 65.3 cm³/mol. The van der Waals surface area contributed by atoms with Crippen LogP contribution in [0.2, 0.25) is 0 Å². The summed E-state index contributed by atoms with van der Waals surface area (Å²) >= 11 is 0. The van der Waals surface area contributed by atoms with Gasteiger partial charge in [-0.15, -0.1) is 0 Å². The number of Topliss-reactive ketones (excluding diaryl/α,β-unsaturated/α-hetero) is 1. The molecule has 0 atom stereocenters. The smallest absolute Gasteiger partial charge is 0.163 e. The van der Waals surface area contributed by atoms with Gasteiger partial charge in [0.15, 0.2) is 5.78 Å². The third-order valence-corrected chi connectivity index (χ3v) is 3.06. The monoisotopic (exact) mass is 215 g/mol. The summed E-state index contributed by atoms with van der Waals surface area (Å²) < 4.78 is 0. The average molecular weight is 215 g/mol. The number of pyridine rings is 1. The molecule has 0 aliphatic heterocycles. The Morgan fingerprint density at radius 3 is 2.81 bits per heavy atom. The Kier molecular flexibility index (Phi) is 2.90. The van der Waals surface area contributed by atoms with E-state index in [0.29, 0.717) is 12.3 Å². The Bertz CT molecular complexity index is 458. The number of fused-ring (bicyclic) bond motifs is 1. The van der Waals surface area contributed by atoms with E-state index in [2.05, 4.69) is 24.9 Å². The summed E-state index contributed by atoms with van der Waals surface area (Å²) in [5.41, 5.74) is 4.23. The van der Waals surface area contributed by atoms with Gasteiger partial charge >= 0.3 is 0 Å². The molecule has 0 fully saturated rings. The molecule has 0 N–H and O–H groups in total. The van der Waals surface area contributed by atoms with Crippen molar-refractivity contribution in [1.82, 2.24) is 4.98 Å². The van der Waals surface area contributed by atoms with Crippen LogP contribution >= 0.6 is 0 Å². The molecule has 0 spiro atoms. The molecule has 1 heterocycles. The van der Waals surface area contributed by atoms with Gasteiger partial charge in [-0.05, 0) is 41.2 Å². The lowest BCUT2D eigenvalue weighted by Crippen LogP contribution is -2.13. The normalized spacial score (nSPS) is 15.0. The molecule has 2 nitrogen and oxygen atoms in total. The molecular weight excluding hydrogens is 198 g/mol. The van der Waals surface area contributed by atoms with E-state index < -0.39 is 0 Å². The number of rotatable bonds is 2. The van der Waals surface area contributed by atoms with Gasteiger partial charge in [0.05, 0.1) is 0 Å². The second-order valence-electron chi connectivity index (χ2n) is 4.59. The van der Waals surface area contributed by atoms with Gasteiger partial charge in [-0.3, -0.25) is 9.78 Å². The first-order valence-electron chi connectivity index (χ1n) is 5.84. The molecule has 0 radical (unpaired) electrons. The highest BCUT2D eigenvalue weighted by molar-refractivity contribution is 6.03. The number of aromatic nitrogens is 1. The van der Waals surface area contributed by atoms with Crippen molar-refractivity contribution < 1.29 is 4.79 Å². The zero-order valence-electron chi connectivity index (χ0n) is 10.1. The Balaban J connectivity index is 2.44. The van der Waals surface area contributed by atoms with Gasteiger partial charge in [-0.2, -0.15) is 0 Å². The average Bonchev–Trinajstić information content (AvgIpc) is 2.27. The Hall–Kier alpha value is -1.44. The molecule has 0 saturated heterocycles. The molecule has 0 bridgehead atoms. The van der Waals surface area contributed by atoms with Crippen LogP contribution < -0.4 is 0 Å². The molecule has 84 valence electrons. The maximum Gasteiger partial charge on any atom is 0.163 e. The lowest BCUT2D eigenvalue weighted by molar-refractivity contribution is -0.115. The zero-order chi connectivity index (χ0) is 11.7. The SMILES string of the molecule is CCC1=Cc2cnc(C(C)C)cc2CC1=O. The highest BCUT2D eigenvalue weighted by Gasteiger charge is 2.18. The molecule has 16 heavy (non-hydrogen) atoms. The minimum Gasteiger partial charge on any atom is -0.294 e. The first-order valence-corrected chi connectivity index (χ1v) is 5.84. The molecule has 1 aliphatic carbocycles. The van der Waals surface area contributed by atoms with E-state index in [1.807, 2.05) is 19.2 Å². The number of ketones is 1. The molecule has 0 unspecified atom stereocenters. The molecule has 0 amide bonds. The van der Waals surface area contributed by atoms with Crippen molar-refractivity contribution in [2.45, 2.75) is 39.5 Å². The number of hydrogen-bond donors (Lipinski definition) is 0. The van der Waals surface area contributed by atoms with Crippen molar-refractivity contribution in [3.63, 3.8) is 0 Å². The minimum absolute atomic E-state index is 0.260. The van der Waals surface area contributed by atoms with Gasteiger partial charge in [0.1, 0.15) is 0 Å². The van der Waals surface area contributed by atoms with Crippen LogP contribution in [0.15, 0.2) is 17.8 Å². The highest BCUT2D eigenvalue weighted by Crippen LogP contribution is 2.25. The third-order valence-electron chi connectivity index (χ3n) is 3.06. The van der Waals surface area contributed by atoms with Crippen molar-refractivity contribution in [2.24, 2.45) is 0 Å². The molecule has 1 aliphatic rings. The van der Waals surface area contributed by atoms with Crippen LogP contribution in [0.1, 0.15) is 49.9 Å². The Labute approximate surface area is 96.4 Å². The second kappa shape index (κ2) is 4.20. The summed E-state index contributed by atoms with van der Waals surface area (Å²) in [7, 11) is 0. The number of carbonyl (C=O) groups excluding carboxylic acids is 1. The van der Waals surface area contributed by atoms with Crippen LogP contribution in [0.5, 0.6) is 0 Å². The number of allylic oxidation sites excluding steroid dienone is 1. The number of nitrogens with zero attached hydrogens (tertiary/aromatic N) is 1. The van der Waals surface area contributed by atoms with Gasteiger partial charge in [0.2, 0.25) is 0 Å². The first kappa shape index (κ1) is 11.1. The fourth-order valence-corrected chi connectivity index (χ4v) is 1.98. The van der Waals surface area contributed by atoms with E-state index in [9.17, 15) is 4.79 Å². The summed E-state index contributed by atoms with van der Waals surface area (Å²) in [4.78, 5) is 16.2. The maximum absolute atomic E-state index is 11.8. The van der Waals surface area contributed by atoms with Gasteiger partial charge in [-0.1, -0.05) is 20.8 Å². The van der Waals surface area contributed by atoms with Crippen molar-refractivity contribution >= 4 is 11.9 Å². The lowest BCUT2D eigenvalue weighted by atomic mass is 9.90. The molecule has 1 aromatic rings. The molecule has 1 aromatic heterocycles. The Morgan fingerprint density at radius 1 is 1.44 bits per heavy atom. The van der Waals surface area contributed by atoms with Crippen LogP contribution in [0.25, 0.3) is 6.08 Å². The van der Waals surface area contributed by atoms with Gasteiger partial charge in [0.25, 0.3) is 0 Å². The van der Waals surface area contributed by atoms with Crippen LogP contribution in [-0.4, -0.2) is 10.8 Å². The van der Waals surface area contributed by atoms with E-state index in [0.717, 1.165) is 28.8 Å². The molecule has 0 aromatic carbocycles. The molecular formula is C14H17NO. The standard InChI is InChI=1S/C14H17NO/c1-4-10-5-12-8-15-13(9(2)3)6-11(12)7-14(10)16/h5-6,8-9H,4,7H2,1-3H3.